The van der Waals surface area contributed by atoms with E-state index in [0.717, 1.165) is 24.0 Å². The summed E-state index contributed by atoms with van der Waals surface area (Å²) in [6.07, 6.45) is 6.27. The van der Waals surface area contributed by atoms with Crippen molar-refractivity contribution in [3.63, 3.8) is 0 Å². The van der Waals surface area contributed by atoms with E-state index in [-0.39, 0.29) is 0 Å². The minimum atomic E-state index is 0.603. The lowest BCUT2D eigenvalue weighted by molar-refractivity contribution is 0.170. The second kappa shape index (κ2) is 6.27. The Hall–Kier alpha value is -0.870. The molecule has 4 heteroatoms. The van der Waals surface area contributed by atoms with Gasteiger partial charge in [0, 0.05) is 17.5 Å². The lowest BCUT2D eigenvalue weighted by Crippen LogP contribution is -2.36. The molecule has 0 bridgehead atoms. The molecule has 0 saturated heterocycles. The monoisotopic (exact) mass is 293 g/mol. The highest BCUT2D eigenvalue weighted by Gasteiger charge is 2.24. The maximum atomic E-state index is 5.69. The maximum Gasteiger partial charge on any atom is 0.162 e. The molecule has 110 valence electrons. The third-order valence-corrected chi connectivity index (χ3v) is 5.24. The van der Waals surface area contributed by atoms with Gasteiger partial charge < -0.3 is 14.8 Å². The van der Waals surface area contributed by atoms with Crippen molar-refractivity contribution in [2.24, 2.45) is 5.92 Å². The van der Waals surface area contributed by atoms with Gasteiger partial charge >= 0.3 is 0 Å². The van der Waals surface area contributed by atoms with Gasteiger partial charge in [-0.3, -0.25) is 0 Å². The summed E-state index contributed by atoms with van der Waals surface area (Å²) in [6, 6.07) is 4.86. The SMILES string of the molecule is CSc1cc2c(cc1CNC(C)C1CCC1)OCCO2. The van der Waals surface area contributed by atoms with Gasteiger partial charge in [-0.15, -0.1) is 11.8 Å². The first-order valence-electron chi connectivity index (χ1n) is 7.48. The van der Waals surface area contributed by atoms with Crippen LogP contribution < -0.4 is 14.8 Å². The molecule has 0 spiro atoms. The summed E-state index contributed by atoms with van der Waals surface area (Å²) in [5, 5.41) is 3.67. The molecule has 2 aliphatic rings. The molecule has 1 aliphatic carbocycles. The van der Waals surface area contributed by atoms with E-state index in [4.69, 9.17) is 9.47 Å². The summed E-state index contributed by atoms with van der Waals surface area (Å²) < 4.78 is 11.3. The molecule has 3 rings (SSSR count). The first-order valence-corrected chi connectivity index (χ1v) is 8.70. The zero-order valence-electron chi connectivity index (χ0n) is 12.3. The molecular weight excluding hydrogens is 270 g/mol. The Morgan fingerprint density at radius 3 is 2.55 bits per heavy atom. The molecule has 1 aliphatic heterocycles. The van der Waals surface area contributed by atoms with Crippen LogP contribution in [0.15, 0.2) is 17.0 Å². The molecule has 1 aromatic carbocycles. The molecule has 1 fully saturated rings. The Bertz CT molecular complexity index is 474. The molecule has 0 aromatic heterocycles. The van der Waals surface area contributed by atoms with Gasteiger partial charge in [-0.05, 0) is 49.6 Å². The van der Waals surface area contributed by atoms with Crippen LogP contribution in [0.25, 0.3) is 0 Å². The van der Waals surface area contributed by atoms with E-state index in [1.165, 1.54) is 29.7 Å². The molecule has 1 unspecified atom stereocenters. The molecule has 3 nitrogen and oxygen atoms in total. The zero-order chi connectivity index (χ0) is 13.9. The molecule has 1 heterocycles. The Balaban J connectivity index is 1.70. The van der Waals surface area contributed by atoms with E-state index >= 15 is 0 Å². The van der Waals surface area contributed by atoms with Crippen molar-refractivity contribution >= 4 is 11.8 Å². The molecule has 1 saturated carbocycles. The third kappa shape index (κ3) is 2.91. The lowest BCUT2D eigenvalue weighted by Gasteiger charge is -2.32. The average Bonchev–Trinajstić information content (AvgIpc) is 2.42. The van der Waals surface area contributed by atoms with Gasteiger partial charge in [0.2, 0.25) is 0 Å². The smallest absolute Gasteiger partial charge is 0.162 e. The Morgan fingerprint density at radius 2 is 1.95 bits per heavy atom. The fourth-order valence-corrected chi connectivity index (χ4v) is 3.44. The van der Waals surface area contributed by atoms with E-state index in [1.807, 2.05) is 0 Å². The number of nitrogens with one attached hydrogen (secondary N) is 1. The van der Waals surface area contributed by atoms with Crippen molar-refractivity contribution < 1.29 is 9.47 Å². The van der Waals surface area contributed by atoms with Crippen molar-refractivity contribution in [2.75, 3.05) is 19.5 Å². The van der Waals surface area contributed by atoms with Crippen LogP contribution >= 0.6 is 11.8 Å². The normalized spacial score (nSPS) is 19.5. The molecule has 1 aromatic rings. The summed E-state index contributed by atoms with van der Waals surface area (Å²) in [5.74, 6) is 2.64. The van der Waals surface area contributed by atoms with Crippen molar-refractivity contribution in [3.8, 4) is 11.5 Å². The largest absolute Gasteiger partial charge is 0.486 e. The van der Waals surface area contributed by atoms with E-state index in [0.29, 0.717) is 19.3 Å². The van der Waals surface area contributed by atoms with Gasteiger partial charge in [-0.1, -0.05) is 6.42 Å². The van der Waals surface area contributed by atoms with Crippen LogP contribution in [-0.2, 0) is 6.54 Å². The Labute approximate surface area is 125 Å². The van der Waals surface area contributed by atoms with Crippen LogP contribution in [-0.4, -0.2) is 25.5 Å². The number of ether oxygens (including phenoxy) is 2. The summed E-state index contributed by atoms with van der Waals surface area (Å²) in [4.78, 5) is 1.28. The molecular formula is C16H23NO2S. The molecule has 20 heavy (non-hydrogen) atoms. The number of rotatable bonds is 5. The first-order chi connectivity index (χ1) is 9.78. The topological polar surface area (TPSA) is 30.5 Å². The van der Waals surface area contributed by atoms with E-state index in [2.05, 4.69) is 30.6 Å². The fourth-order valence-electron chi connectivity index (χ4n) is 2.82. The van der Waals surface area contributed by atoms with Gasteiger partial charge in [0.15, 0.2) is 11.5 Å². The van der Waals surface area contributed by atoms with Gasteiger partial charge in [0.25, 0.3) is 0 Å². The summed E-state index contributed by atoms with van der Waals surface area (Å²) in [5.41, 5.74) is 1.31. The van der Waals surface area contributed by atoms with Crippen molar-refractivity contribution in [1.29, 1.82) is 0 Å². The van der Waals surface area contributed by atoms with Crippen LogP contribution in [0.2, 0.25) is 0 Å². The lowest BCUT2D eigenvalue weighted by atomic mass is 9.80. The van der Waals surface area contributed by atoms with Crippen molar-refractivity contribution in [2.45, 2.75) is 43.7 Å². The van der Waals surface area contributed by atoms with Gasteiger partial charge in [-0.25, -0.2) is 0 Å². The standard InChI is InChI=1S/C16H23NO2S/c1-11(12-4-3-5-12)17-10-13-8-14-15(9-16(13)20-2)19-7-6-18-14/h8-9,11-12,17H,3-7,10H2,1-2H3. The average molecular weight is 293 g/mol. The highest BCUT2D eigenvalue weighted by Crippen LogP contribution is 2.37. The Kier molecular flexibility index (Phi) is 4.41. The molecule has 1 atom stereocenters. The van der Waals surface area contributed by atoms with Crippen LogP contribution in [0.3, 0.4) is 0 Å². The van der Waals surface area contributed by atoms with Crippen LogP contribution in [0, 0.1) is 5.92 Å². The fraction of sp³-hybridized carbons (Fsp3) is 0.625. The van der Waals surface area contributed by atoms with Crippen LogP contribution in [0.5, 0.6) is 11.5 Å². The first kappa shape index (κ1) is 14.1. The molecule has 0 amide bonds. The second-order valence-electron chi connectivity index (χ2n) is 5.67. The highest BCUT2D eigenvalue weighted by atomic mass is 32.2. The summed E-state index contributed by atoms with van der Waals surface area (Å²) >= 11 is 1.77. The second-order valence-corrected chi connectivity index (χ2v) is 6.52. The predicted octanol–water partition coefficient (Wildman–Crippen LogP) is 3.46. The van der Waals surface area contributed by atoms with E-state index in [9.17, 15) is 0 Å². The van der Waals surface area contributed by atoms with Gasteiger partial charge in [0.1, 0.15) is 13.2 Å². The van der Waals surface area contributed by atoms with Crippen LogP contribution in [0.4, 0.5) is 0 Å². The van der Waals surface area contributed by atoms with Crippen molar-refractivity contribution in [1.82, 2.24) is 5.32 Å². The number of thioether (sulfide) groups is 1. The molecule has 1 N–H and O–H groups in total. The van der Waals surface area contributed by atoms with Gasteiger partial charge in [-0.2, -0.15) is 0 Å². The van der Waals surface area contributed by atoms with E-state index < -0.39 is 0 Å². The number of benzene rings is 1. The number of hydrogen-bond acceptors (Lipinski definition) is 4. The quantitative estimate of drug-likeness (QED) is 0.842. The predicted molar refractivity (Wildman–Crippen MR) is 82.9 cm³/mol. The zero-order valence-corrected chi connectivity index (χ0v) is 13.1. The maximum absolute atomic E-state index is 5.69. The number of fused-ring (bicyclic) bond motifs is 1. The van der Waals surface area contributed by atoms with Crippen LogP contribution in [0.1, 0.15) is 31.7 Å². The Morgan fingerprint density at radius 1 is 1.25 bits per heavy atom. The van der Waals surface area contributed by atoms with E-state index in [1.54, 1.807) is 11.8 Å². The third-order valence-electron chi connectivity index (χ3n) is 4.42. The minimum absolute atomic E-state index is 0.603. The van der Waals surface area contributed by atoms with Gasteiger partial charge in [0.05, 0.1) is 0 Å². The number of hydrogen-bond donors (Lipinski definition) is 1. The summed E-state index contributed by atoms with van der Waals surface area (Å²) in [7, 11) is 0. The summed E-state index contributed by atoms with van der Waals surface area (Å²) in [6.45, 7) is 4.51. The van der Waals surface area contributed by atoms with Crippen molar-refractivity contribution in [3.05, 3.63) is 17.7 Å². The minimum Gasteiger partial charge on any atom is -0.486 e. The molecule has 0 radical (unpaired) electrons. The highest BCUT2D eigenvalue weighted by molar-refractivity contribution is 7.98.